The quantitative estimate of drug-likeness (QED) is 0.823. The second-order valence-corrected chi connectivity index (χ2v) is 6.27. The van der Waals surface area contributed by atoms with Crippen molar-refractivity contribution in [1.82, 2.24) is 9.78 Å². The molecule has 5 nitrogen and oxygen atoms in total. The van der Waals surface area contributed by atoms with Gasteiger partial charge in [0, 0.05) is 24.8 Å². The lowest BCUT2D eigenvalue weighted by atomic mass is 10.00. The van der Waals surface area contributed by atoms with Crippen molar-refractivity contribution in [3.8, 4) is 0 Å². The number of aryl methyl sites for hydroxylation is 1. The minimum atomic E-state index is -0.265. The van der Waals surface area contributed by atoms with E-state index in [0.717, 1.165) is 11.1 Å². The van der Waals surface area contributed by atoms with Crippen molar-refractivity contribution in [2.45, 2.75) is 17.4 Å². The molecule has 2 aromatic rings. The van der Waals surface area contributed by atoms with Gasteiger partial charge in [0.1, 0.15) is 6.04 Å². The lowest BCUT2D eigenvalue weighted by molar-refractivity contribution is -0.879. The van der Waals surface area contributed by atoms with Crippen LogP contribution in [0.3, 0.4) is 0 Å². The van der Waals surface area contributed by atoms with Crippen LogP contribution in [0.25, 0.3) is 0 Å². The molecule has 0 spiro atoms. The van der Waals surface area contributed by atoms with Gasteiger partial charge in [-0.15, -0.1) is 11.8 Å². The second kappa shape index (κ2) is 6.01. The number of fused-ring (bicyclic) bond motifs is 1. The molecule has 1 aromatic carbocycles. The molecule has 1 aliphatic rings. The third-order valence-electron chi connectivity index (χ3n) is 3.76. The summed E-state index contributed by atoms with van der Waals surface area (Å²) >= 11 is 1.47. The van der Waals surface area contributed by atoms with E-state index in [-0.39, 0.29) is 16.7 Å². The highest BCUT2D eigenvalue weighted by atomic mass is 32.2. The average Bonchev–Trinajstić information content (AvgIpc) is 2.65. The van der Waals surface area contributed by atoms with E-state index in [2.05, 4.69) is 5.10 Å². The van der Waals surface area contributed by atoms with E-state index in [0.29, 0.717) is 23.6 Å². The summed E-state index contributed by atoms with van der Waals surface area (Å²) in [6.07, 6.45) is 2.31. The van der Waals surface area contributed by atoms with E-state index in [1.165, 1.54) is 16.4 Å². The maximum atomic E-state index is 12.4. The average molecular weight is 303 g/mol. The Hall–Kier alpha value is -1.63. The van der Waals surface area contributed by atoms with E-state index in [1.54, 1.807) is 13.2 Å². The van der Waals surface area contributed by atoms with Gasteiger partial charge in [-0.05, 0) is 5.56 Å². The number of benzene rings is 1. The molecule has 0 radical (unpaired) electrons. The molecule has 2 unspecified atom stereocenters. The van der Waals surface area contributed by atoms with Crippen LogP contribution in [-0.2, 0) is 13.5 Å². The Morgan fingerprint density at radius 3 is 2.95 bits per heavy atom. The van der Waals surface area contributed by atoms with Crippen molar-refractivity contribution >= 4 is 11.8 Å². The Labute approximate surface area is 127 Å². The largest absolute Gasteiger partial charge is 0.634 e. The van der Waals surface area contributed by atoms with Gasteiger partial charge >= 0.3 is 0 Å². The molecule has 0 bridgehead atoms. The maximum absolute atomic E-state index is 12.4. The molecule has 0 fully saturated rings. The molecule has 1 N–H and O–H groups in total. The zero-order valence-corrected chi connectivity index (χ0v) is 12.6. The first kappa shape index (κ1) is 14.3. The van der Waals surface area contributed by atoms with Crippen LogP contribution in [0, 0.1) is 5.21 Å². The van der Waals surface area contributed by atoms with E-state index >= 15 is 0 Å². The number of quaternary nitrogens is 1. The van der Waals surface area contributed by atoms with E-state index in [9.17, 15) is 10.0 Å². The highest BCUT2D eigenvalue weighted by molar-refractivity contribution is 7.99. The molecule has 110 valence electrons. The summed E-state index contributed by atoms with van der Waals surface area (Å²) < 4.78 is 1.33. The molecule has 1 aromatic heterocycles. The van der Waals surface area contributed by atoms with E-state index < -0.39 is 0 Å². The van der Waals surface area contributed by atoms with Gasteiger partial charge in [0.25, 0.3) is 5.56 Å². The Kier molecular flexibility index (Phi) is 4.10. The standard InChI is InChI=1S/C15H17N3O2S/c1-17-15(19)14-12(10-16-17)13(18(20)7-8-21-14)9-11-5-3-2-4-6-11/h2-6,10,13,18H,7-9H2,1H3. The van der Waals surface area contributed by atoms with Gasteiger partial charge in [0.15, 0.2) is 0 Å². The van der Waals surface area contributed by atoms with Gasteiger partial charge < -0.3 is 10.3 Å². The third kappa shape index (κ3) is 2.88. The topological polar surface area (TPSA) is 62.4 Å². The van der Waals surface area contributed by atoms with Gasteiger partial charge in [-0.1, -0.05) is 30.3 Å². The van der Waals surface area contributed by atoms with Crippen molar-refractivity contribution in [3.05, 3.63) is 63.2 Å². The first-order valence-electron chi connectivity index (χ1n) is 6.92. The monoisotopic (exact) mass is 303 g/mol. The summed E-state index contributed by atoms with van der Waals surface area (Å²) in [6.45, 7) is 0.500. The fraction of sp³-hybridized carbons (Fsp3) is 0.333. The number of hydroxylamine groups is 2. The highest BCUT2D eigenvalue weighted by Gasteiger charge is 2.28. The fourth-order valence-corrected chi connectivity index (χ4v) is 3.72. The number of nitrogens with zero attached hydrogens (tertiary/aromatic N) is 2. The molecule has 0 amide bonds. The summed E-state index contributed by atoms with van der Waals surface area (Å²) in [5.74, 6) is 0.663. The van der Waals surface area contributed by atoms with Crippen molar-refractivity contribution < 1.29 is 5.06 Å². The molecule has 0 saturated carbocycles. The summed E-state index contributed by atoms with van der Waals surface area (Å²) in [5, 5.41) is 16.7. The zero-order valence-electron chi connectivity index (χ0n) is 11.8. The summed E-state index contributed by atoms with van der Waals surface area (Å²) in [6, 6.07) is 9.65. The van der Waals surface area contributed by atoms with Crippen LogP contribution in [0.1, 0.15) is 17.2 Å². The first-order valence-corrected chi connectivity index (χ1v) is 7.91. The van der Waals surface area contributed by atoms with Crippen molar-refractivity contribution in [3.63, 3.8) is 0 Å². The number of nitrogens with one attached hydrogen (secondary N) is 1. The molecular weight excluding hydrogens is 286 g/mol. The Morgan fingerprint density at radius 2 is 2.19 bits per heavy atom. The first-order chi connectivity index (χ1) is 10.2. The summed E-state index contributed by atoms with van der Waals surface area (Å²) in [7, 11) is 1.64. The Morgan fingerprint density at radius 1 is 1.43 bits per heavy atom. The lowest BCUT2D eigenvalue weighted by Crippen LogP contribution is -3.08. The number of hydrogen-bond acceptors (Lipinski definition) is 4. The molecular formula is C15H17N3O2S. The molecule has 6 heteroatoms. The number of aromatic nitrogens is 2. The maximum Gasteiger partial charge on any atom is 0.280 e. The van der Waals surface area contributed by atoms with Crippen molar-refractivity contribution in [1.29, 1.82) is 0 Å². The smallest absolute Gasteiger partial charge is 0.280 e. The van der Waals surface area contributed by atoms with Crippen LogP contribution < -0.4 is 10.6 Å². The number of rotatable bonds is 2. The van der Waals surface area contributed by atoms with Crippen LogP contribution in [0.2, 0.25) is 0 Å². The Balaban J connectivity index is 2.03. The third-order valence-corrected chi connectivity index (χ3v) is 4.87. The fourth-order valence-electron chi connectivity index (χ4n) is 2.60. The normalized spacial score (nSPS) is 21.6. The van der Waals surface area contributed by atoms with Gasteiger partial charge in [-0.3, -0.25) is 4.79 Å². The molecule has 0 saturated heterocycles. The molecule has 2 atom stereocenters. The number of thioether (sulfide) groups is 1. The molecule has 2 heterocycles. The van der Waals surface area contributed by atoms with Gasteiger partial charge in [-0.25, -0.2) is 4.68 Å². The lowest BCUT2D eigenvalue weighted by Gasteiger charge is -2.30. The Bertz CT molecular complexity index is 687. The van der Waals surface area contributed by atoms with Gasteiger partial charge in [0.2, 0.25) is 0 Å². The predicted molar refractivity (Wildman–Crippen MR) is 82.3 cm³/mol. The zero-order chi connectivity index (χ0) is 14.8. The molecule has 0 aliphatic carbocycles. The van der Waals surface area contributed by atoms with Gasteiger partial charge in [0.05, 0.1) is 17.6 Å². The van der Waals surface area contributed by atoms with Crippen LogP contribution >= 0.6 is 11.8 Å². The van der Waals surface area contributed by atoms with E-state index in [4.69, 9.17) is 0 Å². The number of hydrogen-bond donors (Lipinski definition) is 1. The SMILES string of the molecule is Cn1ncc2c(c1=O)SCC[NH+]([O-])C2Cc1ccccc1. The van der Waals surface area contributed by atoms with Crippen LogP contribution in [0.15, 0.2) is 46.2 Å². The van der Waals surface area contributed by atoms with Gasteiger partial charge in [-0.2, -0.15) is 5.10 Å². The van der Waals surface area contributed by atoms with Crippen molar-refractivity contribution in [2.24, 2.45) is 7.05 Å². The van der Waals surface area contributed by atoms with Crippen LogP contribution in [0.5, 0.6) is 0 Å². The van der Waals surface area contributed by atoms with E-state index in [1.807, 2.05) is 30.3 Å². The molecule has 1 aliphatic heterocycles. The minimum absolute atomic E-state index is 0.106. The van der Waals surface area contributed by atoms with Crippen LogP contribution in [-0.4, -0.2) is 22.1 Å². The van der Waals surface area contributed by atoms with Crippen molar-refractivity contribution in [2.75, 3.05) is 12.3 Å². The summed E-state index contributed by atoms with van der Waals surface area (Å²) in [5.41, 5.74) is 1.79. The molecule has 21 heavy (non-hydrogen) atoms. The highest BCUT2D eigenvalue weighted by Crippen LogP contribution is 2.26. The second-order valence-electron chi connectivity index (χ2n) is 5.16. The summed E-state index contributed by atoms with van der Waals surface area (Å²) in [4.78, 5) is 12.9. The van der Waals surface area contributed by atoms with Crippen LogP contribution in [0.4, 0.5) is 0 Å². The molecule has 3 rings (SSSR count). The minimum Gasteiger partial charge on any atom is -0.634 e. The predicted octanol–water partition coefficient (Wildman–Crippen LogP) is 0.552.